The Bertz CT molecular complexity index is 857. The Hall–Kier alpha value is -2.32. The number of benzene rings is 1. The van der Waals surface area contributed by atoms with Crippen LogP contribution in [0.3, 0.4) is 0 Å². The molecule has 0 radical (unpaired) electrons. The van der Waals surface area contributed by atoms with Gasteiger partial charge in [-0.3, -0.25) is 4.79 Å². The average Bonchev–Trinajstić information content (AvgIpc) is 3.21. The molecule has 1 aromatic heterocycles. The molecule has 0 saturated heterocycles. The van der Waals surface area contributed by atoms with Crippen LogP contribution in [0.5, 0.6) is 5.75 Å². The Morgan fingerprint density at radius 2 is 2.08 bits per heavy atom. The summed E-state index contributed by atoms with van der Waals surface area (Å²) in [4.78, 5) is 12.4. The lowest BCUT2D eigenvalue weighted by atomic mass is 10.1. The zero-order valence-corrected chi connectivity index (χ0v) is 14.8. The molecule has 1 heterocycles. The largest absolute Gasteiger partial charge is 0.495 e. The van der Waals surface area contributed by atoms with E-state index in [0.29, 0.717) is 5.76 Å². The van der Waals surface area contributed by atoms with E-state index in [-0.39, 0.29) is 28.3 Å². The zero-order valence-electron chi connectivity index (χ0n) is 14.0. The average molecular weight is 364 g/mol. The van der Waals surface area contributed by atoms with Gasteiger partial charge in [0.05, 0.1) is 19.4 Å². The van der Waals surface area contributed by atoms with Crippen LogP contribution in [-0.2, 0) is 10.0 Å². The van der Waals surface area contributed by atoms with Crippen molar-refractivity contribution >= 4 is 15.9 Å². The maximum Gasteiger partial charge on any atom is 0.251 e. The molecule has 1 aliphatic rings. The second kappa shape index (κ2) is 6.89. The Labute approximate surface area is 146 Å². The quantitative estimate of drug-likeness (QED) is 0.785. The van der Waals surface area contributed by atoms with Gasteiger partial charge in [0.15, 0.2) is 0 Å². The summed E-state index contributed by atoms with van der Waals surface area (Å²) in [6, 6.07) is 7.45. The number of rotatable bonds is 7. The van der Waals surface area contributed by atoms with Crippen LogP contribution in [0.25, 0.3) is 0 Å². The van der Waals surface area contributed by atoms with E-state index in [1.165, 1.54) is 31.6 Å². The van der Waals surface area contributed by atoms with Crippen molar-refractivity contribution in [1.82, 2.24) is 10.0 Å². The molecule has 134 valence electrons. The molecule has 0 bridgehead atoms. The first-order valence-electron chi connectivity index (χ1n) is 7.95. The number of methoxy groups -OCH3 is 1. The summed E-state index contributed by atoms with van der Waals surface area (Å²) in [5.74, 6) is 0.420. The van der Waals surface area contributed by atoms with Gasteiger partial charge in [-0.05, 0) is 50.1 Å². The van der Waals surface area contributed by atoms with Gasteiger partial charge in [0.2, 0.25) is 10.0 Å². The summed E-state index contributed by atoms with van der Waals surface area (Å²) in [5.41, 5.74) is 0.232. The van der Waals surface area contributed by atoms with Gasteiger partial charge >= 0.3 is 0 Å². The lowest BCUT2D eigenvalue weighted by Gasteiger charge is -2.14. The lowest BCUT2D eigenvalue weighted by molar-refractivity contribution is 0.0935. The van der Waals surface area contributed by atoms with E-state index in [9.17, 15) is 13.2 Å². The van der Waals surface area contributed by atoms with E-state index >= 15 is 0 Å². The predicted octanol–water partition coefficient (Wildman–Crippen LogP) is 2.22. The highest BCUT2D eigenvalue weighted by molar-refractivity contribution is 7.89. The number of sulfonamides is 1. The fraction of sp³-hybridized carbons (Fsp3) is 0.353. The number of carbonyl (C=O) groups excluding carboxylic acids is 1. The molecule has 0 aliphatic heterocycles. The standard InChI is InChI=1S/C17H20N2O5S/c1-11(14-4-3-9-24-14)18-17(20)12-5-8-15(23-2)16(10-12)25(21,22)19-13-6-7-13/h3-5,8-11,13,19H,6-7H2,1-2H3,(H,18,20)/t11-/m0/s1. The molecule has 0 spiro atoms. The number of amides is 1. The highest BCUT2D eigenvalue weighted by Gasteiger charge is 2.30. The van der Waals surface area contributed by atoms with Crippen molar-refractivity contribution in [2.45, 2.75) is 36.7 Å². The third-order valence-corrected chi connectivity index (χ3v) is 5.47. The van der Waals surface area contributed by atoms with Gasteiger partial charge in [-0.25, -0.2) is 13.1 Å². The zero-order chi connectivity index (χ0) is 18.0. The number of nitrogens with one attached hydrogen (secondary N) is 2. The molecule has 25 heavy (non-hydrogen) atoms. The second-order valence-corrected chi connectivity index (χ2v) is 7.65. The van der Waals surface area contributed by atoms with Crippen LogP contribution in [0, 0.1) is 0 Å². The Balaban J connectivity index is 1.84. The molecule has 1 amide bonds. The Morgan fingerprint density at radius 3 is 2.68 bits per heavy atom. The van der Waals surface area contributed by atoms with E-state index in [1.807, 2.05) is 0 Å². The van der Waals surface area contributed by atoms with Crippen LogP contribution in [-0.4, -0.2) is 27.5 Å². The van der Waals surface area contributed by atoms with Gasteiger partial charge in [-0.2, -0.15) is 0 Å². The number of hydrogen-bond acceptors (Lipinski definition) is 5. The van der Waals surface area contributed by atoms with Crippen LogP contribution in [0.2, 0.25) is 0 Å². The second-order valence-electron chi connectivity index (χ2n) is 5.97. The van der Waals surface area contributed by atoms with E-state index in [2.05, 4.69) is 10.0 Å². The molecule has 1 aliphatic carbocycles. The van der Waals surface area contributed by atoms with E-state index in [1.54, 1.807) is 19.1 Å². The number of hydrogen-bond donors (Lipinski definition) is 2. The highest BCUT2D eigenvalue weighted by Crippen LogP contribution is 2.28. The summed E-state index contributed by atoms with van der Waals surface area (Å²) in [5, 5.41) is 2.78. The van der Waals surface area contributed by atoms with Crippen molar-refractivity contribution in [3.63, 3.8) is 0 Å². The Kier molecular flexibility index (Phi) is 4.82. The molecular weight excluding hydrogens is 344 g/mol. The third-order valence-electron chi connectivity index (χ3n) is 3.93. The summed E-state index contributed by atoms with van der Waals surface area (Å²) in [7, 11) is -2.35. The number of carbonyl (C=O) groups is 1. The summed E-state index contributed by atoms with van der Waals surface area (Å²) in [6.07, 6.45) is 3.17. The minimum Gasteiger partial charge on any atom is -0.495 e. The molecule has 2 N–H and O–H groups in total. The molecule has 7 nitrogen and oxygen atoms in total. The molecule has 2 aromatic rings. The van der Waals surface area contributed by atoms with Crippen LogP contribution in [0.4, 0.5) is 0 Å². The van der Waals surface area contributed by atoms with Crippen molar-refractivity contribution < 1.29 is 22.4 Å². The minimum atomic E-state index is -3.74. The molecular formula is C17H20N2O5S. The van der Waals surface area contributed by atoms with E-state index < -0.39 is 15.9 Å². The molecule has 3 rings (SSSR count). The van der Waals surface area contributed by atoms with Crippen molar-refractivity contribution in [2.75, 3.05) is 7.11 Å². The van der Waals surface area contributed by atoms with Gasteiger partial charge in [0, 0.05) is 11.6 Å². The van der Waals surface area contributed by atoms with Crippen LogP contribution < -0.4 is 14.8 Å². The van der Waals surface area contributed by atoms with Gasteiger partial charge in [-0.1, -0.05) is 0 Å². The van der Waals surface area contributed by atoms with Crippen molar-refractivity contribution in [1.29, 1.82) is 0 Å². The topological polar surface area (TPSA) is 97.6 Å². The molecule has 0 unspecified atom stereocenters. The SMILES string of the molecule is COc1ccc(C(=O)N[C@@H](C)c2ccco2)cc1S(=O)(=O)NC1CC1. The summed E-state index contributed by atoms with van der Waals surface area (Å²) >= 11 is 0. The molecule has 1 aromatic carbocycles. The molecule has 1 fully saturated rings. The lowest BCUT2D eigenvalue weighted by Crippen LogP contribution is -2.28. The van der Waals surface area contributed by atoms with E-state index in [0.717, 1.165) is 12.8 Å². The van der Waals surface area contributed by atoms with Gasteiger partial charge < -0.3 is 14.5 Å². The van der Waals surface area contributed by atoms with Crippen LogP contribution in [0.15, 0.2) is 45.9 Å². The van der Waals surface area contributed by atoms with Crippen LogP contribution >= 0.6 is 0 Å². The molecule has 1 saturated carbocycles. The first kappa shape index (κ1) is 17.5. The van der Waals surface area contributed by atoms with Crippen molar-refractivity contribution in [3.8, 4) is 5.75 Å². The predicted molar refractivity (Wildman–Crippen MR) is 90.9 cm³/mol. The third kappa shape index (κ3) is 4.02. The maximum absolute atomic E-state index is 12.5. The monoisotopic (exact) mass is 364 g/mol. The molecule has 1 atom stereocenters. The smallest absolute Gasteiger partial charge is 0.251 e. The fourth-order valence-electron chi connectivity index (χ4n) is 2.40. The minimum absolute atomic E-state index is 0.0360. The first-order chi connectivity index (χ1) is 11.9. The number of ether oxygens (including phenoxy) is 1. The Morgan fingerprint density at radius 1 is 1.32 bits per heavy atom. The summed E-state index contributed by atoms with van der Waals surface area (Å²) in [6.45, 7) is 1.78. The van der Waals surface area contributed by atoms with Crippen molar-refractivity contribution in [3.05, 3.63) is 47.9 Å². The first-order valence-corrected chi connectivity index (χ1v) is 9.43. The highest BCUT2D eigenvalue weighted by atomic mass is 32.2. The van der Waals surface area contributed by atoms with E-state index in [4.69, 9.17) is 9.15 Å². The molecule has 8 heteroatoms. The maximum atomic E-state index is 12.5. The van der Waals surface area contributed by atoms with Crippen LogP contribution in [0.1, 0.15) is 41.9 Å². The van der Waals surface area contributed by atoms with Gasteiger partial charge in [0.1, 0.15) is 16.4 Å². The number of furan rings is 1. The normalized spacial score (nSPS) is 15.6. The van der Waals surface area contributed by atoms with Gasteiger partial charge in [-0.15, -0.1) is 0 Å². The fourth-order valence-corrected chi connectivity index (χ4v) is 3.90. The van der Waals surface area contributed by atoms with Crippen molar-refractivity contribution in [2.24, 2.45) is 0 Å². The van der Waals surface area contributed by atoms with Gasteiger partial charge in [0.25, 0.3) is 5.91 Å². The summed E-state index contributed by atoms with van der Waals surface area (Å²) < 4.78 is 38.0.